The summed E-state index contributed by atoms with van der Waals surface area (Å²) in [6, 6.07) is 7.65. The van der Waals surface area contributed by atoms with Gasteiger partial charge in [-0.15, -0.1) is 0 Å². The van der Waals surface area contributed by atoms with Gasteiger partial charge in [0.15, 0.2) is 0 Å². The molecule has 0 aliphatic heterocycles. The predicted octanol–water partition coefficient (Wildman–Crippen LogP) is 2.59. The van der Waals surface area contributed by atoms with Crippen LogP contribution in [0, 0.1) is 11.8 Å². The number of carbonyl (C=O) groups is 1. The SMILES string of the molecule is CC1CCC(NC(=O)CCOc2ccccc2N)C1C. The molecule has 0 heterocycles. The molecule has 1 aromatic carbocycles. The number of anilines is 1. The molecular formula is C16H24N2O2. The number of hydrogen-bond donors (Lipinski definition) is 2. The fraction of sp³-hybridized carbons (Fsp3) is 0.562. The molecule has 3 unspecified atom stereocenters. The molecule has 0 saturated heterocycles. The van der Waals surface area contributed by atoms with Crippen LogP contribution in [0.5, 0.6) is 5.75 Å². The number of para-hydroxylation sites is 2. The van der Waals surface area contributed by atoms with Crippen molar-refractivity contribution in [1.29, 1.82) is 0 Å². The summed E-state index contributed by atoms with van der Waals surface area (Å²) in [6.07, 6.45) is 2.65. The maximum atomic E-state index is 11.9. The van der Waals surface area contributed by atoms with E-state index in [0.29, 0.717) is 42.3 Å². The summed E-state index contributed by atoms with van der Waals surface area (Å²) in [4.78, 5) is 11.9. The van der Waals surface area contributed by atoms with E-state index in [2.05, 4.69) is 19.2 Å². The van der Waals surface area contributed by atoms with E-state index in [0.717, 1.165) is 6.42 Å². The standard InChI is InChI=1S/C16H24N2O2/c1-11-7-8-14(12(11)2)18-16(19)9-10-20-15-6-4-3-5-13(15)17/h3-6,11-12,14H,7-10,17H2,1-2H3,(H,18,19). The second kappa shape index (κ2) is 6.64. The van der Waals surface area contributed by atoms with Crippen molar-refractivity contribution >= 4 is 11.6 Å². The predicted molar refractivity (Wildman–Crippen MR) is 80.5 cm³/mol. The van der Waals surface area contributed by atoms with Gasteiger partial charge in [0, 0.05) is 6.04 Å². The van der Waals surface area contributed by atoms with Gasteiger partial charge in [-0.05, 0) is 36.8 Å². The molecule has 1 saturated carbocycles. The van der Waals surface area contributed by atoms with Gasteiger partial charge in [0.05, 0.1) is 18.7 Å². The molecular weight excluding hydrogens is 252 g/mol. The van der Waals surface area contributed by atoms with Gasteiger partial charge in [0.1, 0.15) is 5.75 Å². The summed E-state index contributed by atoms with van der Waals surface area (Å²) >= 11 is 0. The van der Waals surface area contributed by atoms with Crippen molar-refractivity contribution < 1.29 is 9.53 Å². The third kappa shape index (κ3) is 3.65. The van der Waals surface area contributed by atoms with Crippen molar-refractivity contribution in [3.05, 3.63) is 24.3 Å². The van der Waals surface area contributed by atoms with Crippen LogP contribution >= 0.6 is 0 Å². The zero-order chi connectivity index (χ0) is 14.5. The Bertz CT molecular complexity index is 462. The highest BCUT2D eigenvalue weighted by Crippen LogP contribution is 2.31. The molecule has 20 heavy (non-hydrogen) atoms. The number of benzene rings is 1. The normalized spacial score (nSPS) is 25.4. The Morgan fingerprint density at radius 3 is 2.75 bits per heavy atom. The van der Waals surface area contributed by atoms with Gasteiger partial charge in [-0.25, -0.2) is 0 Å². The van der Waals surface area contributed by atoms with Crippen LogP contribution in [0.1, 0.15) is 33.1 Å². The zero-order valence-corrected chi connectivity index (χ0v) is 12.3. The van der Waals surface area contributed by atoms with Crippen molar-refractivity contribution in [2.75, 3.05) is 12.3 Å². The molecule has 4 nitrogen and oxygen atoms in total. The van der Waals surface area contributed by atoms with Crippen molar-refractivity contribution in [1.82, 2.24) is 5.32 Å². The molecule has 3 N–H and O–H groups in total. The fourth-order valence-corrected chi connectivity index (χ4v) is 2.71. The van der Waals surface area contributed by atoms with E-state index in [9.17, 15) is 4.79 Å². The number of nitrogen functional groups attached to an aromatic ring is 1. The lowest BCUT2D eigenvalue weighted by Crippen LogP contribution is -2.37. The van der Waals surface area contributed by atoms with Crippen LogP contribution in [-0.4, -0.2) is 18.6 Å². The topological polar surface area (TPSA) is 64.3 Å². The largest absolute Gasteiger partial charge is 0.491 e. The van der Waals surface area contributed by atoms with E-state index >= 15 is 0 Å². The van der Waals surface area contributed by atoms with Crippen molar-refractivity contribution in [2.24, 2.45) is 11.8 Å². The molecule has 110 valence electrons. The van der Waals surface area contributed by atoms with E-state index in [1.165, 1.54) is 6.42 Å². The van der Waals surface area contributed by atoms with Crippen LogP contribution in [0.3, 0.4) is 0 Å². The molecule has 1 aliphatic rings. The smallest absolute Gasteiger partial charge is 0.223 e. The number of nitrogens with two attached hydrogens (primary N) is 1. The Hall–Kier alpha value is -1.71. The van der Waals surface area contributed by atoms with E-state index in [4.69, 9.17) is 10.5 Å². The summed E-state index contributed by atoms with van der Waals surface area (Å²) in [5.41, 5.74) is 6.38. The van der Waals surface area contributed by atoms with Crippen molar-refractivity contribution in [3.63, 3.8) is 0 Å². The van der Waals surface area contributed by atoms with Gasteiger partial charge < -0.3 is 15.8 Å². The van der Waals surface area contributed by atoms with Gasteiger partial charge in [0.2, 0.25) is 5.91 Å². The van der Waals surface area contributed by atoms with Crippen LogP contribution in [0.4, 0.5) is 5.69 Å². The number of hydrogen-bond acceptors (Lipinski definition) is 3. The quantitative estimate of drug-likeness (QED) is 0.812. The molecule has 0 radical (unpaired) electrons. The number of nitrogens with one attached hydrogen (secondary N) is 1. The molecule has 3 atom stereocenters. The zero-order valence-electron chi connectivity index (χ0n) is 12.3. The third-order valence-corrected chi connectivity index (χ3v) is 4.32. The Balaban J connectivity index is 1.72. The van der Waals surface area contributed by atoms with E-state index in [-0.39, 0.29) is 5.91 Å². The summed E-state index contributed by atoms with van der Waals surface area (Å²) in [6.45, 7) is 4.82. The number of carbonyl (C=O) groups excluding carboxylic acids is 1. The second-order valence-electron chi connectivity index (χ2n) is 5.72. The average Bonchev–Trinajstić information content (AvgIpc) is 2.73. The van der Waals surface area contributed by atoms with Crippen LogP contribution in [0.25, 0.3) is 0 Å². The molecule has 0 aromatic heterocycles. The monoisotopic (exact) mass is 276 g/mol. The highest BCUT2D eigenvalue weighted by molar-refractivity contribution is 5.76. The van der Waals surface area contributed by atoms with Gasteiger partial charge in [0.25, 0.3) is 0 Å². The number of amides is 1. The molecule has 1 fully saturated rings. The van der Waals surface area contributed by atoms with Crippen molar-refractivity contribution in [3.8, 4) is 5.75 Å². The first kappa shape index (κ1) is 14.7. The van der Waals surface area contributed by atoms with Crippen molar-refractivity contribution in [2.45, 2.75) is 39.2 Å². The van der Waals surface area contributed by atoms with Crippen LogP contribution in [-0.2, 0) is 4.79 Å². The molecule has 4 heteroatoms. The molecule has 0 spiro atoms. The Morgan fingerprint density at radius 2 is 2.10 bits per heavy atom. The first-order valence-corrected chi connectivity index (χ1v) is 7.34. The van der Waals surface area contributed by atoms with Crippen LogP contribution in [0.2, 0.25) is 0 Å². The van der Waals surface area contributed by atoms with E-state index in [1.54, 1.807) is 6.07 Å². The Labute approximate surface area is 120 Å². The minimum absolute atomic E-state index is 0.0606. The van der Waals surface area contributed by atoms with Crippen LogP contribution < -0.4 is 15.8 Å². The highest BCUT2D eigenvalue weighted by Gasteiger charge is 2.30. The van der Waals surface area contributed by atoms with Crippen LogP contribution in [0.15, 0.2) is 24.3 Å². The average molecular weight is 276 g/mol. The molecule has 2 rings (SSSR count). The van der Waals surface area contributed by atoms with E-state index in [1.807, 2.05) is 18.2 Å². The minimum Gasteiger partial charge on any atom is -0.491 e. The maximum absolute atomic E-state index is 11.9. The Morgan fingerprint density at radius 1 is 1.35 bits per heavy atom. The van der Waals surface area contributed by atoms with Gasteiger partial charge in [-0.2, -0.15) is 0 Å². The molecule has 1 aliphatic carbocycles. The van der Waals surface area contributed by atoms with Gasteiger partial charge in [-0.3, -0.25) is 4.79 Å². The number of ether oxygens (including phenoxy) is 1. The first-order chi connectivity index (χ1) is 9.58. The highest BCUT2D eigenvalue weighted by atomic mass is 16.5. The molecule has 1 aromatic rings. The second-order valence-corrected chi connectivity index (χ2v) is 5.72. The molecule has 0 bridgehead atoms. The first-order valence-electron chi connectivity index (χ1n) is 7.34. The Kier molecular flexibility index (Phi) is 4.88. The summed E-state index contributed by atoms with van der Waals surface area (Å²) in [5.74, 6) is 1.96. The molecule has 1 amide bonds. The lowest BCUT2D eigenvalue weighted by molar-refractivity contribution is -0.122. The lowest BCUT2D eigenvalue weighted by Gasteiger charge is -2.19. The maximum Gasteiger partial charge on any atom is 0.223 e. The summed E-state index contributed by atoms with van der Waals surface area (Å²) in [5, 5.41) is 3.11. The van der Waals surface area contributed by atoms with Gasteiger partial charge in [-0.1, -0.05) is 26.0 Å². The summed E-state index contributed by atoms with van der Waals surface area (Å²) < 4.78 is 5.53. The van der Waals surface area contributed by atoms with Gasteiger partial charge >= 0.3 is 0 Å². The minimum atomic E-state index is 0.0606. The fourth-order valence-electron chi connectivity index (χ4n) is 2.71. The number of rotatable bonds is 5. The third-order valence-electron chi connectivity index (χ3n) is 4.32. The van der Waals surface area contributed by atoms with E-state index < -0.39 is 0 Å². The summed E-state index contributed by atoms with van der Waals surface area (Å²) in [7, 11) is 0. The lowest BCUT2D eigenvalue weighted by atomic mass is 9.98.